The molecule has 0 heterocycles. The highest BCUT2D eigenvalue weighted by atomic mass is 32.2. The summed E-state index contributed by atoms with van der Waals surface area (Å²) < 4.78 is 25.5. The Morgan fingerprint density at radius 3 is 2.64 bits per heavy atom. The van der Waals surface area contributed by atoms with E-state index in [4.69, 9.17) is 10.2 Å². The van der Waals surface area contributed by atoms with Crippen molar-refractivity contribution in [3.63, 3.8) is 0 Å². The van der Waals surface area contributed by atoms with Crippen LogP contribution in [0.2, 0.25) is 0 Å². The number of benzene rings is 1. The zero-order valence-corrected chi connectivity index (χ0v) is 8.10. The Kier molecular flexibility index (Phi) is 4.31. The second kappa shape index (κ2) is 5.29. The zero-order valence-electron chi connectivity index (χ0n) is 7.28. The number of hydrogen-bond acceptors (Lipinski definition) is 3. The van der Waals surface area contributed by atoms with E-state index in [0.29, 0.717) is 0 Å². The van der Waals surface area contributed by atoms with Gasteiger partial charge < -0.3 is 10.2 Å². The van der Waals surface area contributed by atoms with E-state index in [-0.39, 0.29) is 17.3 Å². The van der Waals surface area contributed by atoms with E-state index in [1.54, 1.807) is 0 Å². The summed E-state index contributed by atoms with van der Waals surface area (Å²) in [5, 5.41) is 17.5. The zero-order chi connectivity index (χ0) is 10.6. The van der Waals surface area contributed by atoms with E-state index in [1.165, 1.54) is 6.07 Å². The summed E-state index contributed by atoms with van der Waals surface area (Å²) in [5.41, 5.74) is 0. The van der Waals surface area contributed by atoms with Gasteiger partial charge in [-0.05, 0) is 12.1 Å². The minimum atomic E-state index is -0.885. The first kappa shape index (κ1) is 11.4. The minimum absolute atomic E-state index is 0.180. The molecule has 78 valence electrons. The molecule has 0 aliphatic carbocycles. The molecule has 0 aliphatic rings. The summed E-state index contributed by atoms with van der Waals surface area (Å²) in [6.07, 6.45) is -0.885. The predicted octanol–water partition coefficient (Wildman–Crippen LogP) is 1.41. The molecule has 1 aromatic carbocycles. The third-order valence-corrected chi connectivity index (χ3v) is 2.73. The van der Waals surface area contributed by atoms with Crippen LogP contribution in [0.1, 0.15) is 0 Å². The molecule has 0 amide bonds. The number of thioether (sulfide) groups is 1. The van der Waals surface area contributed by atoms with Crippen LogP contribution < -0.4 is 0 Å². The van der Waals surface area contributed by atoms with Gasteiger partial charge in [-0.3, -0.25) is 0 Å². The molecule has 14 heavy (non-hydrogen) atoms. The molecule has 0 fully saturated rings. The molecule has 0 radical (unpaired) electrons. The molecule has 2 nitrogen and oxygen atoms in total. The van der Waals surface area contributed by atoms with Gasteiger partial charge in [-0.15, -0.1) is 11.8 Å². The smallest absolute Gasteiger partial charge is 0.139 e. The lowest BCUT2D eigenvalue weighted by atomic mass is 10.3. The number of aliphatic hydroxyl groups excluding tert-OH is 2. The van der Waals surface area contributed by atoms with Gasteiger partial charge in [0.05, 0.1) is 12.7 Å². The maximum Gasteiger partial charge on any atom is 0.139 e. The predicted molar refractivity (Wildman–Crippen MR) is 50.2 cm³/mol. The van der Waals surface area contributed by atoms with Gasteiger partial charge >= 0.3 is 0 Å². The molecule has 1 rings (SSSR count). The number of rotatable bonds is 4. The maximum atomic E-state index is 13.0. The third kappa shape index (κ3) is 3.25. The second-order valence-electron chi connectivity index (χ2n) is 2.72. The van der Waals surface area contributed by atoms with Crippen molar-refractivity contribution in [2.45, 2.75) is 11.0 Å². The molecule has 0 bridgehead atoms. The summed E-state index contributed by atoms with van der Waals surface area (Å²) in [7, 11) is 0. The standard InChI is InChI=1S/C9H10F2O2S/c10-6-1-2-9(8(11)3-6)14-5-7(13)4-12/h1-3,7,12-13H,4-5H2. The lowest BCUT2D eigenvalue weighted by Crippen LogP contribution is -2.14. The van der Waals surface area contributed by atoms with Gasteiger partial charge in [0.2, 0.25) is 0 Å². The topological polar surface area (TPSA) is 40.5 Å². The van der Waals surface area contributed by atoms with Gasteiger partial charge in [0.1, 0.15) is 11.6 Å². The van der Waals surface area contributed by atoms with Crippen LogP contribution in [0.5, 0.6) is 0 Å². The van der Waals surface area contributed by atoms with Crippen molar-refractivity contribution in [3.8, 4) is 0 Å². The molecular formula is C9H10F2O2S. The number of hydrogen-bond donors (Lipinski definition) is 2. The summed E-state index contributed by atoms with van der Waals surface area (Å²) in [5.74, 6) is -1.10. The maximum absolute atomic E-state index is 13.0. The van der Waals surface area contributed by atoms with Gasteiger partial charge in [-0.1, -0.05) is 0 Å². The molecule has 0 spiro atoms. The highest BCUT2D eigenvalue weighted by Gasteiger charge is 2.07. The second-order valence-corrected chi connectivity index (χ2v) is 3.78. The van der Waals surface area contributed by atoms with Gasteiger partial charge in [-0.25, -0.2) is 8.78 Å². The minimum Gasteiger partial charge on any atom is -0.394 e. The van der Waals surface area contributed by atoms with Crippen molar-refractivity contribution in [1.29, 1.82) is 0 Å². The van der Waals surface area contributed by atoms with Crippen LogP contribution in [-0.2, 0) is 0 Å². The summed E-state index contributed by atoms with van der Waals surface area (Å²) in [6.45, 7) is -0.365. The number of aliphatic hydroxyl groups is 2. The highest BCUT2D eigenvalue weighted by Crippen LogP contribution is 2.22. The van der Waals surface area contributed by atoms with Crippen LogP contribution in [0, 0.1) is 11.6 Å². The summed E-state index contributed by atoms with van der Waals surface area (Å²) in [6, 6.07) is 3.24. The van der Waals surface area contributed by atoms with E-state index in [1.807, 2.05) is 0 Å². The summed E-state index contributed by atoms with van der Waals surface area (Å²) >= 11 is 1.04. The normalized spacial score (nSPS) is 12.9. The molecule has 0 saturated heterocycles. The first-order valence-electron chi connectivity index (χ1n) is 4.00. The molecule has 0 aliphatic heterocycles. The molecule has 1 atom stereocenters. The highest BCUT2D eigenvalue weighted by molar-refractivity contribution is 7.99. The fraction of sp³-hybridized carbons (Fsp3) is 0.333. The van der Waals surface area contributed by atoms with Gasteiger partial charge in [0, 0.05) is 16.7 Å². The molecule has 0 aromatic heterocycles. The molecule has 5 heteroatoms. The van der Waals surface area contributed by atoms with Crippen LogP contribution >= 0.6 is 11.8 Å². The lowest BCUT2D eigenvalue weighted by molar-refractivity contribution is 0.113. The van der Waals surface area contributed by atoms with Crippen molar-refractivity contribution in [1.82, 2.24) is 0 Å². The fourth-order valence-electron chi connectivity index (χ4n) is 0.831. The average molecular weight is 220 g/mol. The van der Waals surface area contributed by atoms with Crippen molar-refractivity contribution in [3.05, 3.63) is 29.8 Å². The Bertz CT molecular complexity index is 307. The van der Waals surface area contributed by atoms with Crippen LogP contribution in [0.25, 0.3) is 0 Å². The quantitative estimate of drug-likeness (QED) is 0.754. The average Bonchev–Trinajstić information content (AvgIpc) is 2.16. The third-order valence-electron chi connectivity index (χ3n) is 1.54. The van der Waals surface area contributed by atoms with Crippen LogP contribution in [0.3, 0.4) is 0 Å². The van der Waals surface area contributed by atoms with Gasteiger partial charge in [0.15, 0.2) is 0 Å². The molecule has 2 N–H and O–H groups in total. The Morgan fingerprint density at radius 1 is 1.36 bits per heavy atom. The fourth-order valence-corrected chi connectivity index (χ4v) is 1.67. The van der Waals surface area contributed by atoms with E-state index in [9.17, 15) is 8.78 Å². The summed E-state index contributed by atoms with van der Waals surface area (Å²) in [4.78, 5) is 0.263. The monoisotopic (exact) mass is 220 g/mol. The van der Waals surface area contributed by atoms with Crippen LogP contribution in [0.4, 0.5) is 8.78 Å². The number of halogens is 2. The molecule has 1 aromatic rings. The SMILES string of the molecule is OCC(O)CSc1ccc(F)cc1F. The lowest BCUT2D eigenvalue weighted by Gasteiger charge is -2.06. The molecule has 0 saturated carbocycles. The van der Waals surface area contributed by atoms with E-state index >= 15 is 0 Å². The molecular weight excluding hydrogens is 210 g/mol. The first-order valence-corrected chi connectivity index (χ1v) is 4.99. The van der Waals surface area contributed by atoms with E-state index < -0.39 is 17.7 Å². The Morgan fingerprint density at radius 2 is 2.07 bits per heavy atom. The van der Waals surface area contributed by atoms with Crippen molar-refractivity contribution in [2.75, 3.05) is 12.4 Å². The van der Waals surface area contributed by atoms with E-state index in [0.717, 1.165) is 23.9 Å². The Hall–Kier alpha value is -0.650. The van der Waals surface area contributed by atoms with Crippen LogP contribution in [-0.4, -0.2) is 28.7 Å². The van der Waals surface area contributed by atoms with Crippen molar-refractivity contribution >= 4 is 11.8 Å². The van der Waals surface area contributed by atoms with Crippen molar-refractivity contribution < 1.29 is 19.0 Å². The van der Waals surface area contributed by atoms with Gasteiger partial charge in [0.25, 0.3) is 0 Å². The van der Waals surface area contributed by atoms with Crippen molar-refractivity contribution in [2.24, 2.45) is 0 Å². The largest absolute Gasteiger partial charge is 0.394 e. The Labute approximate surface area is 84.6 Å². The first-order chi connectivity index (χ1) is 6.63. The molecule has 1 unspecified atom stereocenters. The van der Waals surface area contributed by atoms with Crippen LogP contribution in [0.15, 0.2) is 23.1 Å². The van der Waals surface area contributed by atoms with E-state index in [2.05, 4.69) is 0 Å². The van der Waals surface area contributed by atoms with Gasteiger partial charge in [-0.2, -0.15) is 0 Å². The Balaban J connectivity index is 2.59.